The topological polar surface area (TPSA) is 83.6 Å². The molecule has 0 saturated carbocycles. The van der Waals surface area contributed by atoms with Gasteiger partial charge in [-0.1, -0.05) is 47.1 Å². The Morgan fingerprint density at radius 2 is 2.04 bits per heavy atom. The third-order valence-corrected chi connectivity index (χ3v) is 3.62. The molecule has 0 unspecified atom stereocenters. The van der Waals surface area contributed by atoms with Crippen LogP contribution in [0.3, 0.4) is 0 Å². The molecule has 0 aliphatic heterocycles. The van der Waals surface area contributed by atoms with Crippen molar-refractivity contribution in [2.75, 3.05) is 5.32 Å². The van der Waals surface area contributed by atoms with E-state index >= 15 is 0 Å². The highest BCUT2D eigenvalue weighted by molar-refractivity contribution is 6.32. The van der Waals surface area contributed by atoms with E-state index in [2.05, 4.69) is 15.6 Å². The van der Waals surface area contributed by atoms with Gasteiger partial charge in [0.25, 0.3) is 5.91 Å². The minimum atomic E-state index is -0.393. The highest BCUT2D eigenvalue weighted by Gasteiger charge is 2.12. The van der Waals surface area contributed by atoms with Crippen LogP contribution in [0.4, 0.5) is 5.69 Å². The summed E-state index contributed by atoms with van der Waals surface area (Å²) in [5.41, 5.74) is 2.10. The van der Waals surface area contributed by atoms with Gasteiger partial charge in [0, 0.05) is 5.69 Å². The number of anilines is 1. The number of nitriles is 1. The summed E-state index contributed by atoms with van der Waals surface area (Å²) in [5.74, 6) is -0.393. The maximum atomic E-state index is 12.2. The molecule has 0 aliphatic carbocycles. The third-order valence-electron chi connectivity index (χ3n) is 3.31. The van der Waals surface area contributed by atoms with Gasteiger partial charge in [0.2, 0.25) is 0 Å². The summed E-state index contributed by atoms with van der Waals surface area (Å²) < 4.78 is 1.59. The van der Waals surface area contributed by atoms with Crippen molar-refractivity contribution < 1.29 is 4.79 Å². The molecule has 1 aromatic heterocycles. The van der Waals surface area contributed by atoms with Gasteiger partial charge in [0.05, 0.1) is 23.3 Å². The number of benzene rings is 2. The number of amides is 1. The van der Waals surface area contributed by atoms with E-state index in [4.69, 9.17) is 16.9 Å². The van der Waals surface area contributed by atoms with E-state index in [0.29, 0.717) is 17.8 Å². The van der Waals surface area contributed by atoms with Crippen LogP contribution in [0.5, 0.6) is 0 Å². The van der Waals surface area contributed by atoms with Gasteiger partial charge < -0.3 is 5.32 Å². The first-order valence-corrected chi connectivity index (χ1v) is 7.48. The molecular formula is C17H12ClN5O. The normalized spacial score (nSPS) is 10.2. The van der Waals surface area contributed by atoms with Crippen LogP contribution in [0.15, 0.2) is 54.7 Å². The van der Waals surface area contributed by atoms with Gasteiger partial charge in [-0.3, -0.25) is 4.79 Å². The fourth-order valence-corrected chi connectivity index (χ4v) is 2.35. The first-order chi connectivity index (χ1) is 11.7. The van der Waals surface area contributed by atoms with Crippen molar-refractivity contribution in [2.24, 2.45) is 0 Å². The van der Waals surface area contributed by atoms with Crippen LogP contribution in [0.25, 0.3) is 0 Å². The smallest absolute Gasteiger partial charge is 0.277 e. The zero-order chi connectivity index (χ0) is 16.9. The standard InChI is InChI=1S/C17H12ClN5O/c18-15-8-14(7-6-13(15)9-19)20-17(24)16-11-23(22-21-16)10-12-4-2-1-3-5-12/h1-8,11H,10H2,(H,20,24). The third kappa shape index (κ3) is 3.59. The number of rotatable bonds is 4. The Hall–Kier alpha value is -3.17. The molecule has 0 atom stereocenters. The number of hydrogen-bond donors (Lipinski definition) is 1. The Morgan fingerprint density at radius 3 is 2.75 bits per heavy atom. The van der Waals surface area contributed by atoms with E-state index in [9.17, 15) is 4.79 Å². The quantitative estimate of drug-likeness (QED) is 0.792. The zero-order valence-electron chi connectivity index (χ0n) is 12.5. The van der Waals surface area contributed by atoms with Crippen LogP contribution in [0, 0.1) is 11.3 Å². The van der Waals surface area contributed by atoms with Crippen LogP contribution in [-0.2, 0) is 6.54 Å². The van der Waals surface area contributed by atoms with Crippen molar-refractivity contribution in [3.05, 3.63) is 76.6 Å². The number of carbonyl (C=O) groups excluding carboxylic acids is 1. The van der Waals surface area contributed by atoms with E-state index in [1.807, 2.05) is 36.4 Å². The van der Waals surface area contributed by atoms with Crippen molar-refractivity contribution in [2.45, 2.75) is 6.54 Å². The Bertz CT molecular complexity index is 914. The first kappa shape index (κ1) is 15.7. The van der Waals surface area contributed by atoms with Crippen LogP contribution in [0.2, 0.25) is 5.02 Å². The summed E-state index contributed by atoms with van der Waals surface area (Å²) in [4.78, 5) is 12.2. The molecule has 1 N–H and O–H groups in total. The van der Waals surface area contributed by atoms with Crippen LogP contribution < -0.4 is 5.32 Å². The molecule has 1 heterocycles. The largest absolute Gasteiger partial charge is 0.320 e. The van der Waals surface area contributed by atoms with Gasteiger partial charge in [-0.25, -0.2) is 4.68 Å². The predicted molar refractivity (Wildman–Crippen MR) is 89.7 cm³/mol. The number of nitrogens with zero attached hydrogens (tertiary/aromatic N) is 4. The van der Waals surface area contributed by atoms with Crippen LogP contribution in [-0.4, -0.2) is 20.9 Å². The Balaban J connectivity index is 1.70. The number of nitrogens with one attached hydrogen (secondary N) is 1. The number of halogens is 1. The lowest BCUT2D eigenvalue weighted by molar-refractivity contribution is 0.102. The summed E-state index contributed by atoms with van der Waals surface area (Å²) in [6.07, 6.45) is 1.58. The molecule has 0 saturated heterocycles. The minimum absolute atomic E-state index is 0.200. The predicted octanol–water partition coefficient (Wildman–Crippen LogP) is 3.10. The van der Waals surface area contributed by atoms with E-state index in [0.717, 1.165) is 5.56 Å². The van der Waals surface area contributed by atoms with Crippen molar-refractivity contribution in [3.63, 3.8) is 0 Å². The molecule has 0 spiro atoms. The lowest BCUT2D eigenvalue weighted by Gasteiger charge is -2.04. The second-order valence-electron chi connectivity index (χ2n) is 5.05. The summed E-state index contributed by atoms with van der Waals surface area (Å²) >= 11 is 5.95. The molecule has 3 rings (SSSR count). The Labute approximate surface area is 143 Å². The molecule has 24 heavy (non-hydrogen) atoms. The molecule has 118 valence electrons. The van der Waals surface area contributed by atoms with Crippen molar-refractivity contribution in [3.8, 4) is 6.07 Å². The zero-order valence-corrected chi connectivity index (χ0v) is 13.2. The van der Waals surface area contributed by atoms with Crippen LogP contribution in [0.1, 0.15) is 21.6 Å². The second kappa shape index (κ2) is 6.94. The maximum Gasteiger partial charge on any atom is 0.277 e. The maximum absolute atomic E-state index is 12.2. The highest BCUT2D eigenvalue weighted by atomic mass is 35.5. The lowest BCUT2D eigenvalue weighted by atomic mass is 10.2. The van der Waals surface area contributed by atoms with Gasteiger partial charge in [0.15, 0.2) is 5.69 Å². The molecule has 2 aromatic carbocycles. The molecule has 6 nitrogen and oxygen atoms in total. The molecule has 0 radical (unpaired) electrons. The fourth-order valence-electron chi connectivity index (χ4n) is 2.13. The minimum Gasteiger partial charge on any atom is -0.320 e. The van der Waals surface area contributed by atoms with Gasteiger partial charge >= 0.3 is 0 Å². The fraction of sp³-hybridized carbons (Fsp3) is 0.0588. The van der Waals surface area contributed by atoms with E-state index < -0.39 is 5.91 Å². The summed E-state index contributed by atoms with van der Waals surface area (Å²) in [5, 5.41) is 19.6. The average Bonchev–Trinajstić information content (AvgIpc) is 3.04. The molecule has 0 fully saturated rings. The molecule has 3 aromatic rings. The number of aromatic nitrogens is 3. The Kier molecular flexibility index (Phi) is 4.54. The van der Waals surface area contributed by atoms with E-state index in [1.165, 1.54) is 6.07 Å². The molecule has 0 aliphatic rings. The van der Waals surface area contributed by atoms with Crippen molar-refractivity contribution in [1.82, 2.24) is 15.0 Å². The van der Waals surface area contributed by atoms with Crippen LogP contribution >= 0.6 is 11.6 Å². The molecule has 7 heteroatoms. The highest BCUT2D eigenvalue weighted by Crippen LogP contribution is 2.20. The van der Waals surface area contributed by atoms with E-state index in [1.54, 1.807) is 23.0 Å². The molecule has 1 amide bonds. The summed E-state index contributed by atoms with van der Waals surface area (Å²) in [6, 6.07) is 16.4. The molecule has 0 bridgehead atoms. The SMILES string of the molecule is N#Cc1ccc(NC(=O)c2cn(Cc3ccccc3)nn2)cc1Cl. The first-order valence-electron chi connectivity index (χ1n) is 7.11. The van der Waals surface area contributed by atoms with Gasteiger partial charge in [0.1, 0.15) is 6.07 Å². The monoisotopic (exact) mass is 337 g/mol. The van der Waals surface area contributed by atoms with E-state index in [-0.39, 0.29) is 10.7 Å². The number of carbonyl (C=O) groups is 1. The average molecular weight is 338 g/mol. The lowest BCUT2D eigenvalue weighted by Crippen LogP contribution is -2.12. The Morgan fingerprint density at radius 1 is 1.25 bits per heavy atom. The second-order valence-corrected chi connectivity index (χ2v) is 5.45. The van der Waals surface area contributed by atoms with Gasteiger partial charge in [-0.2, -0.15) is 5.26 Å². The molecular weight excluding hydrogens is 326 g/mol. The van der Waals surface area contributed by atoms with Gasteiger partial charge in [-0.15, -0.1) is 5.10 Å². The van der Waals surface area contributed by atoms with Crippen molar-refractivity contribution in [1.29, 1.82) is 5.26 Å². The summed E-state index contributed by atoms with van der Waals surface area (Å²) in [7, 11) is 0. The van der Waals surface area contributed by atoms with Gasteiger partial charge in [-0.05, 0) is 23.8 Å². The number of hydrogen-bond acceptors (Lipinski definition) is 4. The summed E-state index contributed by atoms with van der Waals surface area (Å²) in [6.45, 7) is 0.532. The van der Waals surface area contributed by atoms with Crippen molar-refractivity contribution >= 4 is 23.2 Å².